The van der Waals surface area contributed by atoms with Gasteiger partial charge in [-0.2, -0.15) is 13.2 Å². The molecule has 1 heterocycles. The molecule has 0 N–H and O–H groups in total. The van der Waals surface area contributed by atoms with Gasteiger partial charge in [0.05, 0.1) is 0 Å². The number of aromatic nitrogens is 3. The van der Waals surface area contributed by atoms with Crippen LogP contribution in [0.15, 0.2) is 18.2 Å². The standard InChI is InChI=1S/C24H32F3N3O/c1-17-8-10-20(18(2)14-17)15-21(31)11-13-23-29-28-22(30(23)16-24(25,26)27)12-9-19-6-4-3-5-7-19/h8,10,14,19H,3-7,9,11-13,15-16H2,1-2H3. The molecule has 1 aromatic carbocycles. The van der Waals surface area contributed by atoms with Gasteiger partial charge in [-0.15, -0.1) is 10.2 Å². The summed E-state index contributed by atoms with van der Waals surface area (Å²) >= 11 is 0. The van der Waals surface area contributed by atoms with Gasteiger partial charge in [-0.25, -0.2) is 0 Å². The fraction of sp³-hybridized carbons (Fsp3) is 0.625. The average molecular weight is 436 g/mol. The van der Waals surface area contributed by atoms with E-state index in [4.69, 9.17) is 0 Å². The topological polar surface area (TPSA) is 47.8 Å². The van der Waals surface area contributed by atoms with Gasteiger partial charge >= 0.3 is 6.18 Å². The molecule has 4 nitrogen and oxygen atoms in total. The molecule has 2 aromatic rings. The summed E-state index contributed by atoms with van der Waals surface area (Å²) in [6, 6.07) is 5.94. The van der Waals surface area contributed by atoms with Crippen LogP contribution in [0.5, 0.6) is 0 Å². The second-order valence-electron chi connectivity index (χ2n) is 8.92. The van der Waals surface area contributed by atoms with Crippen molar-refractivity contribution in [2.24, 2.45) is 5.92 Å². The Morgan fingerprint density at radius 3 is 2.39 bits per heavy atom. The molecule has 1 aliphatic carbocycles. The second kappa shape index (κ2) is 10.4. The van der Waals surface area contributed by atoms with Gasteiger partial charge < -0.3 is 4.57 Å². The molecule has 0 spiro atoms. The van der Waals surface area contributed by atoms with E-state index in [1.165, 1.54) is 23.8 Å². The number of hydrogen-bond donors (Lipinski definition) is 0. The highest BCUT2D eigenvalue weighted by molar-refractivity contribution is 5.81. The Morgan fingerprint density at radius 2 is 1.74 bits per heavy atom. The predicted octanol–water partition coefficient (Wildman–Crippen LogP) is 5.71. The molecule has 31 heavy (non-hydrogen) atoms. The van der Waals surface area contributed by atoms with Crippen LogP contribution < -0.4 is 0 Å². The Balaban J connectivity index is 1.63. The lowest BCUT2D eigenvalue weighted by molar-refractivity contribution is -0.141. The number of rotatable bonds is 9. The molecule has 0 amide bonds. The number of carbonyl (C=O) groups is 1. The summed E-state index contributed by atoms with van der Waals surface area (Å²) in [7, 11) is 0. The summed E-state index contributed by atoms with van der Waals surface area (Å²) in [5.41, 5.74) is 3.15. The average Bonchev–Trinajstić information content (AvgIpc) is 3.07. The Morgan fingerprint density at radius 1 is 1.06 bits per heavy atom. The van der Waals surface area contributed by atoms with Crippen molar-refractivity contribution in [2.75, 3.05) is 0 Å². The number of halogens is 3. The first-order valence-electron chi connectivity index (χ1n) is 11.3. The molecular formula is C24H32F3N3O. The van der Waals surface area contributed by atoms with E-state index in [9.17, 15) is 18.0 Å². The summed E-state index contributed by atoms with van der Waals surface area (Å²) < 4.78 is 40.8. The monoisotopic (exact) mass is 435 g/mol. The van der Waals surface area contributed by atoms with Gasteiger partial charge in [-0.1, -0.05) is 55.9 Å². The summed E-state index contributed by atoms with van der Waals surface area (Å²) in [5, 5.41) is 8.11. The maximum atomic E-state index is 13.2. The van der Waals surface area contributed by atoms with Crippen LogP contribution in [0, 0.1) is 19.8 Å². The smallest absolute Gasteiger partial charge is 0.306 e. The fourth-order valence-corrected chi connectivity index (χ4v) is 4.51. The minimum Gasteiger partial charge on any atom is -0.306 e. The van der Waals surface area contributed by atoms with Crippen LogP contribution in [0.4, 0.5) is 13.2 Å². The van der Waals surface area contributed by atoms with E-state index in [0.29, 0.717) is 18.2 Å². The maximum Gasteiger partial charge on any atom is 0.406 e. The maximum absolute atomic E-state index is 13.2. The van der Waals surface area contributed by atoms with Crippen molar-refractivity contribution in [1.82, 2.24) is 14.8 Å². The van der Waals surface area contributed by atoms with E-state index in [1.807, 2.05) is 32.0 Å². The number of carbonyl (C=O) groups excluding carboxylic acids is 1. The van der Waals surface area contributed by atoms with E-state index in [2.05, 4.69) is 10.2 Å². The second-order valence-corrected chi connectivity index (χ2v) is 8.92. The number of ketones is 1. The lowest BCUT2D eigenvalue weighted by Crippen LogP contribution is -2.22. The first-order valence-corrected chi connectivity index (χ1v) is 11.3. The van der Waals surface area contributed by atoms with Crippen LogP contribution in [0.2, 0.25) is 0 Å². The highest BCUT2D eigenvalue weighted by Crippen LogP contribution is 2.28. The third kappa shape index (κ3) is 7.18. The molecule has 1 fully saturated rings. The molecule has 1 aromatic heterocycles. The van der Waals surface area contributed by atoms with Crippen LogP contribution >= 0.6 is 0 Å². The van der Waals surface area contributed by atoms with Gasteiger partial charge in [0.15, 0.2) is 0 Å². The van der Waals surface area contributed by atoms with Crippen molar-refractivity contribution < 1.29 is 18.0 Å². The van der Waals surface area contributed by atoms with Crippen molar-refractivity contribution in [1.29, 1.82) is 0 Å². The molecule has 0 saturated heterocycles. The lowest BCUT2D eigenvalue weighted by atomic mass is 9.86. The van der Waals surface area contributed by atoms with E-state index in [0.717, 1.165) is 36.0 Å². The normalized spacial score (nSPS) is 15.4. The van der Waals surface area contributed by atoms with Crippen LogP contribution in [-0.4, -0.2) is 26.7 Å². The summed E-state index contributed by atoms with van der Waals surface area (Å²) in [6.45, 7) is 2.87. The Hall–Kier alpha value is -2.18. The predicted molar refractivity (Wildman–Crippen MR) is 114 cm³/mol. The molecule has 3 rings (SSSR count). The number of benzene rings is 1. The molecular weight excluding hydrogens is 403 g/mol. The quantitative estimate of drug-likeness (QED) is 0.507. The molecule has 0 radical (unpaired) electrons. The molecule has 0 bridgehead atoms. The van der Waals surface area contributed by atoms with Gasteiger partial charge in [0.2, 0.25) is 0 Å². The zero-order valence-electron chi connectivity index (χ0n) is 18.5. The third-order valence-corrected chi connectivity index (χ3v) is 6.26. The molecule has 7 heteroatoms. The molecule has 0 aliphatic heterocycles. The number of hydrogen-bond acceptors (Lipinski definition) is 3. The van der Waals surface area contributed by atoms with E-state index < -0.39 is 12.7 Å². The molecule has 1 saturated carbocycles. The highest BCUT2D eigenvalue weighted by Gasteiger charge is 2.31. The minimum absolute atomic E-state index is 0.00253. The van der Waals surface area contributed by atoms with Crippen molar-refractivity contribution in [3.63, 3.8) is 0 Å². The largest absolute Gasteiger partial charge is 0.406 e. The van der Waals surface area contributed by atoms with Crippen LogP contribution in [-0.2, 0) is 30.6 Å². The highest BCUT2D eigenvalue weighted by atomic mass is 19.4. The molecule has 0 unspecified atom stereocenters. The van der Waals surface area contributed by atoms with Crippen molar-refractivity contribution in [3.05, 3.63) is 46.5 Å². The van der Waals surface area contributed by atoms with Crippen molar-refractivity contribution in [3.8, 4) is 0 Å². The van der Waals surface area contributed by atoms with Crippen molar-refractivity contribution in [2.45, 2.75) is 90.8 Å². The Kier molecular flexibility index (Phi) is 7.89. The third-order valence-electron chi connectivity index (χ3n) is 6.26. The lowest BCUT2D eigenvalue weighted by Gasteiger charge is -2.21. The summed E-state index contributed by atoms with van der Waals surface area (Å²) in [4.78, 5) is 12.5. The zero-order valence-corrected chi connectivity index (χ0v) is 18.5. The van der Waals surface area contributed by atoms with Gasteiger partial charge in [0, 0.05) is 25.7 Å². The van der Waals surface area contributed by atoms with E-state index in [1.54, 1.807) is 0 Å². The zero-order chi connectivity index (χ0) is 22.4. The molecule has 0 atom stereocenters. The summed E-state index contributed by atoms with van der Waals surface area (Å²) in [6.07, 6.45) is 3.57. The van der Waals surface area contributed by atoms with Crippen LogP contribution in [0.1, 0.15) is 73.3 Å². The van der Waals surface area contributed by atoms with Crippen LogP contribution in [0.25, 0.3) is 0 Å². The minimum atomic E-state index is -4.35. The number of aryl methyl sites for hydroxylation is 4. The van der Waals surface area contributed by atoms with Gasteiger partial charge in [-0.05, 0) is 37.3 Å². The first-order chi connectivity index (χ1) is 14.7. The first kappa shape index (κ1) is 23.5. The molecule has 1 aliphatic rings. The van der Waals surface area contributed by atoms with Crippen molar-refractivity contribution >= 4 is 5.78 Å². The Labute approximate surface area is 182 Å². The van der Waals surface area contributed by atoms with Gasteiger partial charge in [0.25, 0.3) is 0 Å². The number of Topliss-reactive ketones (excluding diaryl/α,β-unsaturated/α-hetero) is 1. The van der Waals surface area contributed by atoms with Gasteiger partial charge in [0.1, 0.15) is 24.0 Å². The fourth-order valence-electron chi connectivity index (χ4n) is 4.51. The van der Waals surface area contributed by atoms with E-state index in [-0.39, 0.29) is 30.9 Å². The number of nitrogens with zero attached hydrogens (tertiary/aromatic N) is 3. The van der Waals surface area contributed by atoms with E-state index >= 15 is 0 Å². The SMILES string of the molecule is Cc1ccc(CC(=O)CCc2nnc(CCC3CCCCC3)n2CC(F)(F)F)c(C)c1. The number of alkyl halides is 3. The summed E-state index contributed by atoms with van der Waals surface area (Å²) in [5.74, 6) is 1.20. The molecule has 170 valence electrons. The van der Waals surface area contributed by atoms with Gasteiger partial charge in [-0.3, -0.25) is 4.79 Å². The van der Waals surface area contributed by atoms with Crippen LogP contribution in [0.3, 0.4) is 0 Å². The Bertz CT molecular complexity index is 883.